The van der Waals surface area contributed by atoms with Crippen molar-refractivity contribution in [3.05, 3.63) is 35.9 Å². The van der Waals surface area contributed by atoms with E-state index in [4.69, 9.17) is 0 Å². The second-order valence-electron chi connectivity index (χ2n) is 5.90. The fourth-order valence-electron chi connectivity index (χ4n) is 3.82. The van der Waals surface area contributed by atoms with Gasteiger partial charge >= 0.3 is 0 Å². The van der Waals surface area contributed by atoms with Crippen LogP contribution in [0.2, 0.25) is 0 Å². The average molecular weight is 294 g/mol. The molecule has 1 heterocycles. The molecule has 1 aromatic carbocycles. The lowest BCUT2D eigenvalue weighted by Gasteiger charge is -2.47. The lowest BCUT2D eigenvalue weighted by molar-refractivity contribution is -0.136. The van der Waals surface area contributed by atoms with Crippen LogP contribution < -0.4 is 0 Å². The number of nitrogens with zero attached hydrogens (tertiary/aromatic N) is 1. The molecule has 2 nitrogen and oxygen atoms in total. The Balaban J connectivity index is 0.00000147. The summed E-state index contributed by atoms with van der Waals surface area (Å²) < 4.78 is 0. The van der Waals surface area contributed by atoms with Crippen LogP contribution >= 0.6 is 12.4 Å². The lowest BCUT2D eigenvalue weighted by atomic mass is 9.73. The van der Waals surface area contributed by atoms with Crippen LogP contribution in [0.15, 0.2) is 30.3 Å². The maximum absolute atomic E-state index is 12.8. The molecule has 20 heavy (non-hydrogen) atoms. The Morgan fingerprint density at radius 2 is 1.60 bits per heavy atom. The van der Waals surface area contributed by atoms with Gasteiger partial charge in [-0.25, -0.2) is 0 Å². The zero-order valence-corrected chi connectivity index (χ0v) is 12.8. The van der Waals surface area contributed by atoms with Gasteiger partial charge in [-0.3, -0.25) is 9.69 Å². The van der Waals surface area contributed by atoms with Gasteiger partial charge in [-0.2, -0.15) is 0 Å². The number of likely N-dealkylation sites (tertiary alicyclic amines) is 1. The van der Waals surface area contributed by atoms with Crippen LogP contribution in [-0.2, 0) is 10.3 Å². The zero-order valence-electron chi connectivity index (χ0n) is 12.0. The third-order valence-corrected chi connectivity index (χ3v) is 4.80. The Kier molecular flexibility index (Phi) is 5.22. The first-order chi connectivity index (χ1) is 9.34. The molecule has 2 fully saturated rings. The molecule has 0 aromatic heterocycles. The minimum absolute atomic E-state index is 0. The summed E-state index contributed by atoms with van der Waals surface area (Å²) in [5.74, 6) is 0.451. The van der Waals surface area contributed by atoms with Crippen molar-refractivity contribution in [2.75, 3.05) is 13.1 Å². The Morgan fingerprint density at radius 1 is 0.900 bits per heavy atom. The van der Waals surface area contributed by atoms with Crippen molar-refractivity contribution in [3.63, 3.8) is 0 Å². The van der Waals surface area contributed by atoms with E-state index in [1.807, 2.05) is 6.07 Å². The van der Waals surface area contributed by atoms with Gasteiger partial charge in [0.1, 0.15) is 5.54 Å². The largest absolute Gasteiger partial charge is 0.297 e. The number of hydrogen-bond acceptors (Lipinski definition) is 2. The van der Waals surface area contributed by atoms with Gasteiger partial charge in [0.05, 0.1) is 0 Å². The Morgan fingerprint density at radius 3 is 2.25 bits per heavy atom. The molecular formula is C17H24ClNO. The van der Waals surface area contributed by atoms with E-state index in [1.165, 1.54) is 31.2 Å². The molecular weight excluding hydrogens is 270 g/mol. The molecule has 0 N–H and O–H groups in total. The molecule has 3 rings (SSSR count). The van der Waals surface area contributed by atoms with Crippen LogP contribution in [0.3, 0.4) is 0 Å². The van der Waals surface area contributed by atoms with Crippen molar-refractivity contribution in [1.82, 2.24) is 4.90 Å². The molecule has 0 radical (unpaired) electrons. The summed E-state index contributed by atoms with van der Waals surface area (Å²) in [4.78, 5) is 15.3. The highest BCUT2D eigenvalue weighted by Crippen LogP contribution is 2.41. The SMILES string of the molecule is Cl.O=C1CCCC[C@@]1(c1ccccc1)N1CCCCC1. The first-order valence-electron chi connectivity index (χ1n) is 7.68. The summed E-state index contributed by atoms with van der Waals surface area (Å²) in [6, 6.07) is 10.5. The van der Waals surface area contributed by atoms with Gasteiger partial charge in [0.15, 0.2) is 5.78 Å². The summed E-state index contributed by atoms with van der Waals surface area (Å²) in [6.07, 6.45) is 7.80. The summed E-state index contributed by atoms with van der Waals surface area (Å²) in [7, 11) is 0. The molecule has 2 aliphatic rings. The van der Waals surface area contributed by atoms with E-state index >= 15 is 0 Å². The fourth-order valence-corrected chi connectivity index (χ4v) is 3.82. The van der Waals surface area contributed by atoms with E-state index in [2.05, 4.69) is 29.2 Å². The Hall–Kier alpha value is -0.860. The van der Waals surface area contributed by atoms with Crippen molar-refractivity contribution < 1.29 is 4.79 Å². The van der Waals surface area contributed by atoms with Gasteiger partial charge < -0.3 is 0 Å². The second-order valence-corrected chi connectivity index (χ2v) is 5.90. The highest BCUT2D eigenvalue weighted by Gasteiger charge is 2.46. The molecule has 1 aliphatic carbocycles. The van der Waals surface area contributed by atoms with E-state index in [9.17, 15) is 4.79 Å². The summed E-state index contributed by atoms with van der Waals surface area (Å²) >= 11 is 0. The number of carbonyl (C=O) groups is 1. The molecule has 0 spiro atoms. The molecule has 0 bridgehead atoms. The van der Waals surface area contributed by atoms with Crippen LogP contribution in [0.4, 0.5) is 0 Å². The molecule has 0 unspecified atom stereocenters. The average Bonchev–Trinajstić information content (AvgIpc) is 2.50. The number of carbonyl (C=O) groups excluding carboxylic acids is 1. The highest BCUT2D eigenvalue weighted by molar-refractivity contribution is 5.90. The standard InChI is InChI=1S/C17H23NO.ClH/c19-16-11-5-6-12-17(16,15-9-3-1-4-10-15)18-13-7-2-8-14-18;/h1,3-4,9-10H,2,5-8,11-14H2;1H/t17-;/m0./s1. The molecule has 1 atom stereocenters. The van der Waals surface area contributed by atoms with E-state index in [1.54, 1.807) is 0 Å². The quantitative estimate of drug-likeness (QED) is 0.823. The van der Waals surface area contributed by atoms with Crippen LogP contribution in [-0.4, -0.2) is 23.8 Å². The van der Waals surface area contributed by atoms with Gasteiger partial charge in [-0.05, 0) is 44.3 Å². The number of benzene rings is 1. The molecule has 1 aliphatic heterocycles. The Labute approximate surface area is 128 Å². The van der Waals surface area contributed by atoms with Crippen molar-refractivity contribution in [1.29, 1.82) is 0 Å². The second kappa shape index (κ2) is 6.73. The summed E-state index contributed by atoms with van der Waals surface area (Å²) in [5, 5.41) is 0. The highest BCUT2D eigenvalue weighted by atomic mass is 35.5. The van der Waals surface area contributed by atoms with Gasteiger partial charge in [0.25, 0.3) is 0 Å². The van der Waals surface area contributed by atoms with E-state index < -0.39 is 0 Å². The molecule has 0 amide bonds. The number of rotatable bonds is 2. The molecule has 1 saturated heterocycles. The summed E-state index contributed by atoms with van der Waals surface area (Å²) in [6.45, 7) is 2.17. The molecule has 1 aromatic rings. The lowest BCUT2D eigenvalue weighted by Crippen LogP contribution is -2.55. The van der Waals surface area contributed by atoms with Crippen molar-refractivity contribution in [2.24, 2.45) is 0 Å². The summed E-state index contributed by atoms with van der Waals surface area (Å²) in [5.41, 5.74) is 0.918. The van der Waals surface area contributed by atoms with Crippen LogP contribution in [0.25, 0.3) is 0 Å². The number of hydrogen-bond donors (Lipinski definition) is 0. The van der Waals surface area contributed by atoms with Crippen molar-refractivity contribution in [2.45, 2.75) is 50.5 Å². The maximum Gasteiger partial charge on any atom is 0.157 e. The van der Waals surface area contributed by atoms with Crippen LogP contribution in [0, 0.1) is 0 Å². The topological polar surface area (TPSA) is 20.3 Å². The molecule has 3 heteroatoms. The van der Waals surface area contributed by atoms with Gasteiger partial charge in [-0.1, -0.05) is 43.2 Å². The Bertz CT molecular complexity index is 442. The normalized spacial score (nSPS) is 27.9. The number of halogens is 1. The van der Waals surface area contributed by atoms with E-state index in [0.29, 0.717) is 5.78 Å². The minimum atomic E-state index is -0.306. The monoisotopic (exact) mass is 293 g/mol. The number of ketones is 1. The third-order valence-electron chi connectivity index (χ3n) is 4.80. The number of Topliss-reactive ketones (excluding diaryl/α,β-unsaturated/α-hetero) is 1. The van der Waals surface area contributed by atoms with E-state index in [-0.39, 0.29) is 17.9 Å². The predicted molar refractivity (Wildman–Crippen MR) is 84.3 cm³/mol. The fraction of sp³-hybridized carbons (Fsp3) is 0.588. The zero-order chi connectivity index (χ0) is 13.1. The third kappa shape index (κ3) is 2.64. The van der Waals surface area contributed by atoms with Gasteiger partial charge in [-0.15, -0.1) is 12.4 Å². The first kappa shape index (κ1) is 15.5. The van der Waals surface area contributed by atoms with Gasteiger partial charge in [0, 0.05) is 6.42 Å². The predicted octanol–water partition coefficient (Wildman–Crippen LogP) is 3.93. The van der Waals surface area contributed by atoms with Crippen molar-refractivity contribution in [3.8, 4) is 0 Å². The first-order valence-corrected chi connectivity index (χ1v) is 7.68. The van der Waals surface area contributed by atoms with Gasteiger partial charge in [0.2, 0.25) is 0 Å². The number of piperidine rings is 1. The van der Waals surface area contributed by atoms with Crippen LogP contribution in [0.5, 0.6) is 0 Å². The molecule has 110 valence electrons. The minimum Gasteiger partial charge on any atom is -0.297 e. The van der Waals surface area contributed by atoms with E-state index in [0.717, 1.165) is 32.4 Å². The smallest absolute Gasteiger partial charge is 0.157 e. The van der Waals surface area contributed by atoms with Crippen molar-refractivity contribution >= 4 is 18.2 Å². The maximum atomic E-state index is 12.8. The molecule has 1 saturated carbocycles. The van der Waals surface area contributed by atoms with Crippen LogP contribution in [0.1, 0.15) is 50.5 Å².